The molecule has 2 N–H and O–H groups in total. The third kappa shape index (κ3) is 4.14. The number of carbonyl (C=O) groups is 2. The van der Waals surface area contributed by atoms with Crippen LogP contribution in [-0.2, 0) is 7.05 Å². The molecular weight excluding hydrogens is 370 g/mol. The summed E-state index contributed by atoms with van der Waals surface area (Å²) in [5.41, 5.74) is -0.437. The predicted octanol–water partition coefficient (Wildman–Crippen LogP) is 2.22. The van der Waals surface area contributed by atoms with Gasteiger partial charge < -0.3 is 15.2 Å². The van der Waals surface area contributed by atoms with Gasteiger partial charge >= 0.3 is 0 Å². The SMILES string of the molecule is Cn1c(=O)c(C(=O)Nc2ccnc(C(=O)NC(C)(C)C#N)c2)cc2ccccc21. The second-order valence-corrected chi connectivity index (χ2v) is 7.06. The van der Waals surface area contributed by atoms with E-state index in [1.165, 1.54) is 29.0 Å². The predicted molar refractivity (Wildman–Crippen MR) is 109 cm³/mol. The van der Waals surface area contributed by atoms with Crippen molar-refractivity contribution in [2.45, 2.75) is 19.4 Å². The summed E-state index contributed by atoms with van der Waals surface area (Å²) in [4.78, 5) is 41.5. The number of hydrogen-bond donors (Lipinski definition) is 2. The second-order valence-electron chi connectivity index (χ2n) is 7.06. The number of anilines is 1. The van der Waals surface area contributed by atoms with Gasteiger partial charge in [-0.2, -0.15) is 5.26 Å². The Balaban J connectivity index is 1.88. The molecule has 1 aromatic carbocycles. The maximum absolute atomic E-state index is 12.7. The molecule has 0 unspecified atom stereocenters. The van der Waals surface area contributed by atoms with Crippen LogP contribution in [0.5, 0.6) is 0 Å². The quantitative estimate of drug-likeness (QED) is 0.710. The number of aromatic nitrogens is 2. The summed E-state index contributed by atoms with van der Waals surface area (Å²) in [6.07, 6.45) is 1.36. The Morgan fingerprint density at radius 2 is 1.86 bits per heavy atom. The van der Waals surface area contributed by atoms with E-state index < -0.39 is 22.9 Å². The maximum atomic E-state index is 12.7. The first-order valence-electron chi connectivity index (χ1n) is 8.82. The van der Waals surface area contributed by atoms with Crippen LogP contribution in [0.4, 0.5) is 5.69 Å². The number of aryl methyl sites for hydroxylation is 1. The van der Waals surface area contributed by atoms with Crippen LogP contribution in [0.3, 0.4) is 0 Å². The van der Waals surface area contributed by atoms with Crippen LogP contribution in [0.1, 0.15) is 34.7 Å². The van der Waals surface area contributed by atoms with Crippen LogP contribution in [-0.4, -0.2) is 26.9 Å². The molecule has 0 bridgehead atoms. The standard InChI is InChI=1S/C21H19N5O3/c1-21(2,12-22)25-19(28)16-11-14(8-9-23-16)24-18(27)15-10-13-6-4-5-7-17(13)26(3)20(15)29/h4-11H,1-3H3,(H,25,28)(H,23,24,27). The Hall–Kier alpha value is -3.99. The van der Waals surface area contributed by atoms with Gasteiger partial charge in [0.15, 0.2) is 0 Å². The molecule has 0 saturated carbocycles. The number of nitrogens with zero attached hydrogens (tertiary/aromatic N) is 3. The van der Waals surface area contributed by atoms with Gasteiger partial charge in [-0.15, -0.1) is 0 Å². The zero-order valence-electron chi connectivity index (χ0n) is 16.2. The average molecular weight is 389 g/mol. The Bertz CT molecular complexity index is 1220. The number of nitrogens with one attached hydrogen (secondary N) is 2. The largest absolute Gasteiger partial charge is 0.333 e. The molecule has 0 aliphatic carbocycles. The summed E-state index contributed by atoms with van der Waals surface area (Å²) in [7, 11) is 1.60. The number of rotatable bonds is 4. The molecule has 146 valence electrons. The van der Waals surface area contributed by atoms with Crippen LogP contribution in [0.2, 0.25) is 0 Å². The lowest BCUT2D eigenvalue weighted by Crippen LogP contribution is -2.42. The zero-order valence-corrected chi connectivity index (χ0v) is 16.2. The van der Waals surface area contributed by atoms with E-state index >= 15 is 0 Å². The van der Waals surface area contributed by atoms with E-state index in [2.05, 4.69) is 15.6 Å². The number of hydrogen-bond acceptors (Lipinski definition) is 5. The van der Waals surface area contributed by atoms with Crippen molar-refractivity contribution in [1.29, 1.82) is 5.26 Å². The molecule has 0 saturated heterocycles. The van der Waals surface area contributed by atoms with Crippen LogP contribution in [0.15, 0.2) is 53.5 Å². The van der Waals surface area contributed by atoms with E-state index in [9.17, 15) is 14.4 Å². The normalized spacial score (nSPS) is 11.0. The zero-order chi connectivity index (χ0) is 21.2. The van der Waals surface area contributed by atoms with Crippen molar-refractivity contribution in [1.82, 2.24) is 14.9 Å². The van der Waals surface area contributed by atoms with E-state index in [1.807, 2.05) is 24.3 Å². The fourth-order valence-electron chi connectivity index (χ4n) is 2.79. The van der Waals surface area contributed by atoms with Crippen LogP contribution in [0, 0.1) is 11.3 Å². The third-order valence-corrected chi connectivity index (χ3v) is 4.33. The molecule has 2 aromatic heterocycles. The summed E-state index contributed by atoms with van der Waals surface area (Å²) >= 11 is 0. The number of benzene rings is 1. The number of pyridine rings is 2. The molecule has 8 heteroatoms. The molecular formula is C21H19N5O3. The molecule has 0 atom stereocenters. The van der Waals surface area contributed by atoms with E-state index in [0.717, 1.165) is 10.9 Å². The molecule has 0 aliphatic heterocycles. The summed E-state index contributed by atoms with van der Waals surface area (Å²) in [5, 5.41) is 15.0. The summed E-state index contributed by atoms with van der Waals surface area (Å²) in [5.74, 6) is -1.14. The Labute approximate surface area is 166 Å². The lowest BCUT2D eigenvalue weighted by Gasteiger charge is -2.17. The summed E-state index contributed by atoms with van der Waals surface area (Å²) < 4.78 is 1.42. The average Bonchev–Trinajstić information content (AvgIpc) is 2.70. The molecule has 3 aromatic rings. The van der Waals surface area contributed by atoms with E-state index in [0.29, 0.717) is 5.69 Å². The van der Waals surface area contributed by atoms with E-state index in [-0.39, 0.29) is 11.3 Å². The minimum Gasteiger partial charge on any atom is -0.333 e. The molecule has 29 heavy (non-hydrogen) atoms. The Morgan fingerprint density at radius 1 is 1.14 bits per heavy atom. The van der Waals surface area contributed by atoms with Crippen LogP contribution >= 0.6 is 0 Å². The Morgan fingerprint density at radius 3 is 2.59 bits per heavy atom. The van der Waals surface area contributed by atoms with Gasteiger partial charge in [0.1, 0.15) is 16.8 Å². The van der Waals surface area contributed by atoms with Gasteiger partial charge in [-0.1, -0.05) is 18.2 Å². The highest BCUT2D eigenvalue weighted by Gasteiger charge is 2.21. The number of carbonyl (C=O) groups excluding carboxylic acids is 2. The van der Waals surface area contributed by atoms with Crippen molar-refractivity contribution in [3.05, 3.63) is 70.3 Å². The monoisotopic (exact) mass is 389 g/mol. The fourth-order valence-corrected chi connectivity index (χ4v) is 2.79. The molecule has 8 nitrogen and oxygen atoms in total. The number of amides is 2. The van der Waals surface area contributed by atoms with Crippen molar-refractivity contribution in [3.8, 4) is 6.07 Å². The van der Waals surface area contributed by atoms with Gasteiger partial charge in [0.2, 0.25) is 0 Å². The van der Waals surface area contributed by atoms with E-state index in [4.69, 9.17) is 5.26 Å². The van der Waals surface area contributed by atoms with Crippen LogP contribution < -0.4 is 16.2 Å². The van der Waals surface area contributed by atoms with Gasteiger partial charge in [0.05, 0.1) is 11.6 Å². The topological polar surface area (TPSA) is 117 Å². The highest BCUT2D eigenvalue weighted by molar-refractivity contribution is 6.06. The van der Waals surface area contributed by atoms with Crippen molar-refractivity contribution in [2.75, 3.05) is 5.32 Å². The lowest BCUT2D eigenvalue weighted by molar-refractivity contribution is 0.0923. The van der Waals surface area contributed by atoms with Crippen LogP contribution in [0.25, 0.3) is 10.9 Å². The maximum Gasteiger partial charge on any atom is 0.271 e. The minimum atomic E-state index is -1.06. The van der Waals surface area contributed by atoms with Gasteiger partial charge in [-0.05, 0) is 43.5 Å². The van der Waals surface area contributed by atoms with Crippen molar-refractivity contribution < 1.29 is 9.59 Å². The highest BCUT2D eigenvalue weighted by Crippen LogP contribution is 2.15. The first-order valence-corrected chi connectivity index (χ1v) is 8.82. The molecule has 2 amide bonds. The lowest BCUT2D eigenvalue weighted by atomic mass is 10.1. The van der Waals surface area contributed by atoms with Crippen molar-refractivity contribution in [2.24, 2.45) is 7.05 Å². The Kier molecular flexibility index (Phi) is 5.15. The van der Waals surface area contributed by atoms with Gasteiger partial charge in [-0.3, -0.25) is 19.4 Å². The fraction of sp³-hybridized carbons (Fsp3) is 0.190. The first-order chi connectivity index (χ1) is 13.7. The molecule has 0 radical (unpaired) electrons. The summed E-state index contributed by atoms with van der Waals surface area (Å²) in [6, 6.07) is 13.7. The van der Waals surface area contributed by atoms with Gasteiger partial charge in [0.25, 0.3) is 17.4 Å². The smallest absolute Gasteiger partial charge is 0.271 e. The molecule has 3 rings (SSSR count). The minimum absolute atomic E-state index is 0.0142. The second kappa shape index (κ2) is 7.56. The van der Waals surface area contributed by atoms with Gasteiger partial charge in [-0.25, -0.2) is 0 Å². The van der Waals surface area contributed by atoms with Crippen molar-refractivity contribution in [3.63, 3.8) is 0 Å². The number of fused-ring (bicyclic) bond motifs is 1. The third-order valence-electron chi connectivity index (χ3n) is 4.33. The number of para-hydroxylation sites is 1. The van der Waals surface area contributed by atoms with E-state index in [1.54, 1.807) is 27.0 Å². The molecule has 0 spiro atoms. The summed E-state index contributed by atoms with van der Waals surface area (Å²) in [6.45, 7) is 3.12. The molecule has 0 aliphatic rings. The van der Waals surface area contributed by atoms with Crippen molar-refractivity contribution >= 4 is 28.4 Å². The molecule has 2 heterocycles. The number of nitriles is 1. The van der Waals surface area contributed by atoms with Gasteiger partial charge in [0, 0.05) is 18.9 Å². The first kappa shape index (κ1) is 19.8. The molecule has 0 fully saturated rings. The highest BCUT2D eigenvalue weighted by atomic mass is 16.2.